The van der Waals surface area contributed by atoms with Crippen molar-refractivity contribution in [3.8, 4) is 5.75 Å². The fourth-order valence-electron chi connectivity index (χ4n) is 1.67. The Morgan fingerprint density at radius 1 is 0.900 bits per heavy atom. The van der Waals surface area contributed by atoms with E-state index < -0.39 is 0 Å². The van der Waals surface area contributed by atoms with Gasteiger partial charge in [0.05, 0.1) is 0 Å². The second-order valence-electron chi connectivity index (χ2n) is 3.98. The number of hydrogen-bond donors (Lipinski definition) is 1. The van der Waals surface area contributed by atoms with Gasteiger partial charge < -0.3 is 9.90 Å². The number of para-hydroxylation sites is 1. The topological polar surface area (TPSA) is 37.3 Å². The van der Waals surface area contributed by atoms with Crippen LogP contribution in [0.4, 0.5) is 0 Å². The summed E-state index contributed by atoms with van der Waals surface area (Å²) in [6, 6.07) is 23.6. The van der Waals surface area contributed by atoms with E-state index in [1.807, 2.05) is 30.3 Å². The molecule has 2 nitrogen and oxygen atoms in total. The van der Waals surface area contributed by atoms with Crippen molar-refractivity contribution in [1.29, 1.82) is 0 Å². The molecule has 0 saturated heterocycles. The normalized spacial score (nSPS) is 9.00. The molecule has 1 N–H and O–H groups in total. The van der Waals surface area contributed by atoms with Gasteiger partial charge in [0.1, 0.15) is 11.5 Å². The van der Waals surface area contributed by atoms with Gasteiger partial charge in [-0.2, -0.15) is 36.4 Å². The summed E-state index contributed by atoms with van der Waals surface area (Å²) in [5.74, 6) is -0.119. The van der Waals surface area contributed by atoms with Gasteiger partial charge in [-0.05, 0) is 6.07 Å². The molecule has 0 radical (unpaired) electrons. The van der Waals surface area contributed by atoms with E-state index in [1.165, 1.54) is 6.07 Å². The van der Waals surface area contributed by atoms with Gasteiger partial charge in [0.25, 0.3) is 0 Å². The number of hydrogen-bond acceptors (Lipinski definition) is 2. The van der Waals surface area contributed by atoms with Crippen LogP contribution in [0.5, 0.6) is 5.75 Å². The molecular formula is C17H14O2Ru. The molecule has 0 aliphatic rings. The van der Waals surface area contributed by atoms with Gasteiger partial charge >= 0.3 is 19.5 Å². The van der Waals surface area contributed by atoms with E-state index in [0.29, 0.717) is 11.1 Å². The van der Waals surface area contributed by atoms with Crippen molar-refractivity contribution in [2.45, 2.75) is 0 Å². The Kier molecular flexibility index (Phi) is 6.62. The minimum atomic E-state index is -0.145. The van der Waals surface area contributed by atoms with Crippen LogP contribution in [0, 0.1) is 0 Å². The average molecular weight is 351 g/mol. The number of phenols is 1. The number of aromatic hydroxyl groups is 1. The number of carbonyl (C=O) groups excluding carboxylic acids is 1. The van der Waals surface area contributed by atoms with Gasteiger partial charge in [-0.15, -0.1) is 11.6 Å². The zero-order chi connectivity index (χ0) is 13.5. The molecule has 0 aliphatic carbocycles. The minimum Gasteiger partial charge on any atom is -0.508 e. The summed E-state index contributed by atoms with van der Waals surface area (Å²) >= 11 is 0. The van der Waals surface area contributed by atoms with Crippen LogP contribution in [0.3, 0.4) is 0 Å². The molecule has 0 amide bonds. The summed E-state index contributed by atoms with van der Waals surface area (Å²) < 4.78 is 0. The van der Waals surface area contributed by atoms with Crippen LogP contribution < -0.4 is 0 Å². The van der Waals surface area contributed by atoms with Crippen LogP contribution in [0.2, 0.25) is 0 Å². The molecule has 0 atom stereocenters. The van der Waals surface area contributed by atoms with Crippen LogP contribution in [-0.4, -0.2) is 10.9 Å². The van der Waals surface area contributed by atoms with E-state index in [4.69, 9.17) is 0 Å². The number of phenolic OH excluding ortho intramolecular Hbond substituents is 1. The monoisotopic (exact) mass is 352 g/mol. The number of rotatable bonds is 2. The summed E-state index contributed by atoms with van der Waals surface area (Å²) in [6.07, 6.45) is 0. The third kappa shape index (κ3) is 4.29. The van der Waals surface area contributed by atoms with E-state index in [0.717, 1.165) is 0 Å². The second kappa shape index (κ2) is 8.24. The van der Waals surface area contributed by atoms with Crippen LogP contribution >= 0.6 is 0 Å². The molecule has 20 heavy (non-hydrogen) atoms. The third-order valence-corrected chi connectivity index (χ3v) is 2.63. The fraction of sp³-hybridized carbons (Fsp3) is 0. The summed E-state index contributed by atoms with van der Waals surface area (Å²) in [4.78, 5) is 11.8. The van der Waals surface area contributed by atoms with Crippen molar-refractivity contribution in [2.24, 2.45) is 0 Å². The maximum Gasteiger partial charge on any atom is 2.00 e. The maximum atomic E-state index is 11.8. The van der Waals surface area contributed by atoms with Crippen molar-refractivity contribution in [2.75, 3.05) is 0 Å². The van der Waals surface area contributed by atoms with Gasteiger partial charge in [-0.1, -0.05) is 18.2 Å². The fourth-order valence-corrected chi connectivity index (χ4v) is 1.67. The predicted octanol–water partition coefficient (Wildman–Crippen LogP) is 3.75. The molecule has 0 aliphatic heterocycles. The van der Waals surface area contributed by atoms with E-state index >= 15 is 0 Å². The molecule has 102 valence electrons. The molecule has 0 unspecified atom stereocenters. The van der Waals surface area contributed by atoms with Gasteiger partial charge in [-0.3, -0.25) is 0 Å². The summed E-state index contributed by atoms with van der Waals surface area (Å²) in [5, 5.41) is 9.46. The molecule has 0 fully saturated rings. The molecule has 0 bridgehead atoms. The van der Waals surface area contributed by atoms with Gasteiger partial charge in [0, 0.05) is 5.56 Å². The number of benzene rings is 1. The summed E-state index contributed by atoms with van der Waals surface area (Å²) in [7, 11) is 0. The number of ketones is 1. The maximum absolute atomic E-state index is 11.8. The molecule has 0 spiro atoms. The summed E-state index contributed by atoms with van der Waals surface area (Å²) in [6.45, 7) is 0. The smallest absolute Gasteiger partial charge is 0.508 e. The van der Waals surface area contributed by atoms with E-state index in [2.05, 4.69) is 0 Å². The standard InChI is InChI=1S/C12H9O2.C5H5.Ru/c13-11-8-4-3-7-10(11)12(14)9-5-1-2-6-9;1-2-4-5-3-1;/h1-8,13H;1-5H;/q2*-1;+2. The molecule has 3 aromatic carbocycles. The van der Waals surface area contributed by atoms with Gasteiger partial charge in [0.2, 0.25) is 0 Å². The van der Waals surface area contributed by atoms with Crippen LogP contribution in [-0.2, 0) is 19.5 Å². The zero-order valence-electron chi connectivity index (χ0n) is 10.7. The Bertz CT molecular complexity index is 593. The second-order valence-corrected chi connectivity index (χ2v) is 3.98. The molecular weight excluding hydrogens is 337 g/mol. The first-order valence-corrected chi connectivity index (χ1v) is 6.00. The Balaban J connectivity index is 0.000000283. The van der Waals surface area contributed by atoms with E-state index in [1.54, 1.807) is 42.5 Å². The first-order valence-electron chi connectivity index (χ1n) is 6.00. The summed E-state index contributed by atoms with van der Waals surface area (Å²) in [5.41, 5.74) is 0.949. The molecule has 0 saturated carbocycles. The molecule has 0 aromatic heterocycles. The quantitative estimate of drug-likeness (QED) is 0.434. The molecule has 3 aromatic rings. The van der Waals surface area contributed by atoms with Crippen LogP contribution in [0.15, 0.2) is 78.9 Å². The van der Waals surface area contributed by atoms with Crippen molar-refractivity contribution >= 4 is 5.78 Å². The first kappa shape index (κ1) is 16.1. The van der Waals surface area contributed by atoms with E-state index in [-0.39, 0.29) is 31.0 Å². The Hall–Kier alpha value is -1.99. The van der Waals surface area contributed by atoms with Crippen molar-refractivity contribution < 1.29 is 29.4 Å². The number of carbonyl (C=O) groups is 1. The Morgan fingerprint density at radius 2 is 1.60 bits per heavy atom. The van der Waals surface area contributed by atoms with Crippen LogP contribution in [0.1, 0.15) is 15.9 Å². The predicted molar refractivity (Wildman–Crippen MR) is 75.6 cm³/mol. The average Bonchev–Trinajstić information content (AvgIpc) is 3.14. The van der Waals surface area contributed by atoms with Gasteiger partial charge in [-0.25, -0.2) is 12.1 Å². The SMILES string of the molecule is O=C(c1ccc[cH-]1)c1ccccc1O.[Ru+2].c1cc[cH-]c1. The Morgan fingerprint density at radius 3 is 2.10 bits per heavy atom. The minimum absolute atomic E-state index is 0. The molecule has 3 rings (SSSR count). The van der Waals surface area contributed by atoms with Crippen LogP contribution in [0.25, 0.3) is 0 Å². The van der Waals surface area contributed by atoms with Crippen molar-refractivity contribution in [3.05, 3.63) is 90.0 Å². The molecule has 0 heterocycles. The third-order valence-electron chi connectivity index (χ3n) is 2.63. The van der Waals surface area contributed by atoms with Gasteiger partial charge in [0.15, 0.2) is 0 Å². The van der Waals surface area contributed by atoms with Crippen molar-refractivity contribution in [3.63, 3.8) is 0 Å². The van der Waals surface area contributed by atoms with E-state index in [9.17, 15) is 9.90 Å². The largest absolute Gasteiger partial charge is 2.00 e. The first-order chi connectivity index (χ1) is 9.29. The van der Waals surface area contributed by atoms with Crippen molar-refractivity contribution in [1.82, 2.24) is 0 Å². The Labute approximate surface area is 131 Å². The molecule has 3 heteroatoms. The zero-order valence-corrected chi connectivity index (χ0v) is 12.5.